The van der Waals surface area contributed by atoms with Gasteiger partial charge in [-0.3, -0.25) is 0 Å². The van der Waals surface area contributed by atoms with Crippen LogP contribution in [0.25, 0.3) is 0 Å². The van der Waals surface area contributed by atoms with E-state index in [0.717, 1.165) is 32.0 Å². The maximum atomic E-state index is 10.0. The van der Waals surface area contributed by atoms with E-state index in [-0.39, 0.29) is 6.10 Å². The molecule has 1 heterocycles. The quantitative estimate of drug-likeness (QED) is 0.822. The highest BCUT2D eigenvalue weighted by Crippen LogP contribution is 2.32. The summed E-state index contributed by atoms with van der Waals surface area (Å²) in [5.74, 6) is 2.00. The molecule has 0 aromatic carbocycles. The zero-order chi connectivity index (χ0) is 13.8. The Balaban J connectivity index is 1.83. The lowest BCUT2D eigenvalue weighted by Crippen LogP contribution is -2.48. The molecule has 0 aromatic heterocycles. The molecule has 3 N–H and O–H groups in total. The number of aliphatic hydroxyl groups excluding tert-OH is 1. The lowest BCUT2D eigenvalue weighted by molar-refractivity contribution is 0.0163. The minimum atomic E-state index is -0.139. The van der Waals surface area contributed by atoms with Gasteiger partial charge < -0.3 is 15.7 Å². The van der Waals surface area contributed by atoms with E-state index >= 15 is 0 Å². The van der Waals surface area contributed by atoms with Gasteiger partial charge in [-0.2, -0.15) is 0 Å². The molecule has 2 aliphatic rings. The lowest BCUT2D eigenvalue weighted by Gasteiger charge is -2.40. The van der Waals surface area contributed by atoms with Crippen LogP contribution in [-0.4, -0.2) is 41.8 Å². The number of likely N-dealkylation sites (tertiary alicyclic amines) is 1. The SMILES string of the molecule is CCCC1CCC(N)C(CN2CCC(C)C(O)C2)C1. The molecule has 112 valence electrons. The van der Waals surface area contributed by atoms with Gasteiger partial charge >= 0.3 is 0 Å². The lowest BCUT2D eigenvalue weighted by atomic mass is 9.76. The van der Waals surface area contributed by atoms with Crippen LogP contribution in [0.3, 0.4) is 0 Å². The molecule has 0 spiro atoms. The van der Waals surface area contributed by atoms with Gasteiger partial charge in [0.15, 0.2) is 0 Å². The molecule has 0 bridgehead atoms. The van der Waals surface area contributed by atoms with E-state index in [1.807, 2.05) is 0 Å². The number of hydrogen-bond acceptors (Lipinski definition) is 3. The predicted molar refractivity (Wildman–Crippen MR) is 79.9 cm³/mol. The van der Waals surface area contributed by atoms with Gasteiger partial charge in [0.1, 0.15) is 0 Å². The number of aliphatic hydroxyl groups is 1. The van der Waals surface area contributed by atoms with Crippen molar-refractivity contribution >= 4 is 0 Å². The average Bonchev–Trinajstić information content (AvgIpc) is 2.38. The van der Waals surface area contributed by atoms with E-state index in [1.54, 1.807) is 0 Å². The van der Waals surface area contributed by atoms with Gasteiger partial charge in [0.2, 0.25) is 0 Å². The third-order valence-corrected chi connectivity index (χ3v) is 5.34. The summed E-state index contributed by atoms with van der Waals surface area (Å²) in [4.78, 5) is 2.45. The van der Waals surface area contributed by atoms with Gasteiger partial charge in [-0.25, -0.2) is 0 Å². The van der Waals surface area contributed by atoms with E-state index in [4.69, 9.17) is 5.73 Å². The van der Waals surface area contributed by atoms with Crippen LogP contribution in [0.15, 0.2) is 0 Å². The second-order valence-electron chi connectivity index (χ2n) is 6.98. The molecule has 3 nitrogen and oxygen atoms in total. The third-order valence-electron chi connectivity index (χ3n) is 5.34. The number of hydrogen-bond donors (Lipinski definition) is 2. The first kappa shape index (κ1) is 15.3. The molecule has 1 aliphatic carbocycles. The zero-order valence-electron chi connectivity index (χ0n) is 12.7. The molecule has 0 amide bonds. The summed E-state index contributed by atoms with van der Waals surface area (Å²) in [5, 5.41) is 10.0. The average molecular weight is 268 g/mol. The van der Waals surface area contributed by atoms with Gasteiger partial charge in [-0.1, -0.05) is 26.7 Å². The first-order valence-electron chi connectivity index (χ1n) is 8.26. The van der Waals surface area contributed by atoms with Crippen molar-refractivity contribution in [2.24, 2.45) is 23.5 Å². The van der Waals surface area contributed by atoms with Gasteiger partial charge in [-0.15, -0.1) is 0 Å². The standard InChI is InChI=1S/C16H32N2O/c1-3-4-13-5-6-15(17)14(9-13)10-18-8-7-12(2)16(19)11-18/h12-16,19H,3-11,17H2,1-2H3. The van der Waals surface area contributed by atoms with Crippen LogP contribution < -0.4 is 5.73 Å². The number of rotatable bonds is 4. The van der Waals surface area contributed by atoms with Crippen molar-refractivity contribution in [3.8, 4) is 0 Å². The van der Waals surface area contributed by atoms with Crippen LogP contribution in [0.5, 0.6) is 0 Å². The highest BCUT2D eigenvalue weighted by atomic mass is 16.3. The Hall–Kier alpha value is -0.120. The van der Waals surface area contributed by atoms with Crippen LogP contribution in [0, 0.1) is 17.8 Å². The molecule has 0 radical (unpaired) electrons. The Morgan fingerprint density at radius 1 is 1.26 bits per heavy atom. The highest BCUT2D eigenvalue weighted by Gasteiger charge is 2.31. The van der Waals surface area contributed by atoms with Crippen LogP contribution >= 0.6 is 0 Å². The predicted octanol–water partition coefficient (Wildman–Crippen LogP) is 2.23. The highest BCUT2D eigenvalue weighted by molar-refractivity contribution is 4.86. The first-order valence-corrected chi connectivity index (χ1v) is 8.26. The van der Waals surface area contributed by atoms with E-state index in [0.29, 0.717) is 17.9 Å². The van der Waals surface area contributed by atoms with E-state index < -0.39 is 0 Å². The number of nitrogens with two attached hydrogens (primary N) is 1. The van der Waals surface area contributed by atoms with E-state index in [1.165, 1.54) is 32.1 Å². The zero-order valence-corrected chi connectivity index (χ0v) is 12.7. The van der Waals surface area contributed by atoms with Crippen molar-refractivity contribution in [3.63, 3.8) is 0 Å². The molecule has 1 saturated heterocycles. The topological polar surface area (TPSA) is 49.5 Å². The second-order valence-corrected chi connectivity index (χ2v) is 6.98. The van der Waals surface area contributed by atoms with Gasteiger partial charge in [-0.05, 0) is 50.0 Å². The van der Waals surface area contributed by atoms with Crippen molar-refractivity contribution in [2.45, 2.75) is 64.5 Å². The Bertz CT molecular complexity index is 271. The Labute approximate surface area is 118 Å². The molecular formula is C16H32N2O. The van der Waals surface area contributed by atoms with Crippen molar-refractivity contribution < 1.29 is 5.11 Å². The van der Waals surface area contributed by atoms with E-state index in [2.05, 4.69) is 18.7 Å². The third kappa shape index (κ3) is 4.17. The molecule has 5 atom stereocenters. The maximum Gasteiger partial charge on any atom is 0.0693 e. The van der Waals surface area contributed by atoms with Crippen LogP contribution in [0.1, 0.15) is 52.4 Å². The fraction of sp³-hybridized carbons (Fsp3) is 1.00. The van der Waals surface area contributed by atoms with Gasteiger partial charge in [0.05, 0.1) is 6.10 Å². The molecule has 2 rings (SSSR count). The smallest absolute Gasteiger partial charge is 0.0693 e. The molecule has 5 unspecified atom stereocenters. The van der Waals surface area contributed by atoms with Crippen LogP contribution in [0.2, 0.25) is 0 Å². The Morgan fingerprint density at radius 2 is 2.05 bits per heavy atom. The van der Waals surface area contributed by atoms with Gasteiger partial charge in [0.25, 0.3) is 0 Å². The largest absolute Gasteiger partial charge is 0.392 e. The normalized spacial score (nSPS) is 41.4. The van der Waals surface area contributed by atoms with Crippen molar-refractivity contribution in [3.05, 3.63) is 0 Å². The van der Waals surface area contributed by atoms with Crippen molar-refractivity contribution in [1.82, 2.24) is 4.90 Å². The molecule has 2 fully saturated rings. The minimum absolute atomic E-state index is 0.139. The summed E-state index contributed by atoms with van der Waals surface area (Å²) in [6.45, 7) is 7.53. The summed E-state index contributed by atoms with van der Waals surface area (Å²) in [7, 11) is 0. The van der Waals surface area contributed by atoms with E-state index in [9.17, 15) is 5.11 Å². The molecule has 1 aliphatic heterocycles. The molecule has 0 aromatic rings. The maximum absolute atomic E-state index is 10.0. The molecule has 1 saturated carbocycles. The van der Waals surface area contributed by atoms with Crippen LogP contribution in [0.4, 0.5) is 0 Å². The molecular weight excluding hydrogens is 236 g/mol. The summed E-state index contributed by atoms with van der Waals surface area (Å²) in [6, 6.07) is 0.379. The summed E-state index contributed by atoms with van der Waals surface area (Å²) < 4.78 is 0. The summed E-state index contributed by atoms with van der Waals surface area (Å²) >= 11 is 0. The van der Waals surface area contributed by atoms with Crippen molar-refractivity contribution in [1.29, 1.82) is 0 Å². The minimum Gasteiger partial charge on any atom is -0.392 e. The molecule has 19 heavy (non-hydrogen) atoms. The number of nitrogens with zero attached hydrogens (tertiary/aromatic N) is 1. The molecule has 3 heteroatoms. The summed E-state index contributed by atoms with van der Waals surface area (Å²) in [5.41, 5.74) is 6.33. The fourth-order valence-electron chi connectivity index (χ4n) is 3.88. The van der Waals surface area contributed by atoms with Gasteiger partial charge in [0, 0.05) is 19.1 Å². The number of β-amino-alcohol motifs (C(OH)–C–C–N with tert-alkyl or cyclic N) is 1. The monoisotopic (exact) mass is 268 g/mol. The Morgan fingerprint density at radius 3 is 2.74 bits per heavy atom. The van der Waals surface area contributed by atoms with Crippen molar-refractivity contribution in [2.75, 3.05) is 19.6 Å². The number of piperidine rings is 1. The fourth-order valence-corrected chi connectivity index (χ4v) is 3.88. The van der Waals surface area contributed by atoms with Crippen LogP contribution in [-0.2, 0) is 0 Å². The second kappa shape index (κ2) is 7.05. The Kier molecular flexibility index (Phi) is 5.67. The summed E-state index contributed by atoms with van der Waals surface area (Å²) in [6.07, 6.45) is 7.47. The first-order chi connectivity index (χ1) is 9.10.